The fourth-order valence-electron chi connectivity index (χ4n) is 1.91. The zero-order chi connectivity index (χ0) is 12.8. The fraction of sp³-hybridized carbons (Fsp3) is 0.571. The van der Waals surface area contributed by atoms with Gasteiger partial charge in [-0.25, -0.2) is 4.39 Å². The van der Waals surface area contributed by atoms with Crippen LogP contribution in [0.2, 0.25) is 0 Å². The van der Waals surface area contributed by atoms with Crippen molar-refractivity contribution in [3.05, 3.63) is 29.6 Å². The number of benzene rings is 1. The number of para-hydroxylation sites is 1. The Kier molecular flexibility index (Phi) is 5.76. The van der Waals surface area contributed by atoms with Gasteiger partial charge in [-0.1, -0.05) is 32.4 Å². The summed E-state index contributed by atoms with van der Waals surface area (Å²) in [5.74, 6) is 0.732. The minimum atomic E-state index is -0.173. The molecule has 0 heterocycles. The van der Waals surface area contributed by atoms with Gasteiger partial charge in [-0.05, 0) is 24.5 Å². The van der Waals surface area contributed by atoms with Crippen LogP contribution in [-0.4, -0.2) is 13.1 Å². The molecule has 96 valence electrons. The molecule has 1 atom stereocenters. The van der Waals surface area contributed by atoms with Gasteiger partial charge in [-0.15, -0.1) is 11.6 Å². The van der Waals surface area contributed by atoms with Gasteiger partial charge in [0.1, 0.15) is 5.82 Å². The van der Waals surface area contributed by atoms with E-state index < -0.39 is 0 Å². The first-order valence-corrected chi connectivity index (χ1v) is 6.75. The molecule has 0 fully saturated rings. The number of rotatable bonds is 6. The van der Waals surface area contributed by atoms with Gasteiger partial charge in [0.2, 0.25) is 0 Å². The molecule has 0 spiro atoms. The molecule has 1 rings (SSSR count). The first kappa shape index (κ1) is 14.3. The largest absolute Gasteiger partial charge is 0.369 e. The number of halogens is 2. The van der Waals surface area contributed by atoms with E-state index in [-0.39, 0.29) is 5.82 Å². The van der Waals surface area contributed by atoms with Gasteiger partial charge in [0.25, 0.3) is 0 Å². The minimum Gasteiger partial charge on any atom is -0.369 e. The molecule has 0 aromatic heterocycles. The van der Waals surface area contributed by atoms with E-state index in [0.29, 0.717) is 17.5 Å². The Bertz CT molecular complexity index is 354. The summed E-state index contributed by atoms with van der Waals surface area (Å²) in [6.45, 7) is 8.06. The molecule has 3 heteroatoms. The Morgan fingerprint density at radius 2 is 2.06 bits per heavy atom. The van der Waals surface area contributed by atoms with Crippen LogP contribution in [0.3, 0.4) is 0 Å². The predicted octanol–water partition coefficient (Wildman–Crippen LogP) is 4.44. The van der Waals surface area contributed by atoms with Crippen molar-refractivity contribution in [1.29, 1.82) is 0 Å². The Balaban J connectivity index is 3.02. The van der Waals surface area contributed by atoms with Crippen LogP contribution in [0.15, 0.2) is 18.2 Å². The first-order chi connectivity index (χ1) is 8.13. The van der Waals surface area contributed by atoms with Crippen molar-refractivity contribution >= 4 is 17.3 Å². The third-order valence-corrected chi connectivity index (χ3v) is 3.43. The van der Waals surface area contributed by atoms with Gasteiger partial charge in [-0.2, -0.15) is 0 Å². The highest BCUT2D eigenvalue weighted by atomic mass is 35.5. The van der Waals surface area contributed by atoms with Gasteiger partial charge in [-0.3, -0.25) is 0 Å². The Hall–Kier alpha value is -0.760. The molecule has 0 bridgehead atoms. The lowest BCUT2D eigenvalue weighted by Gasteiger charge is -2.28. The van der Waals surface area contributed by atoms with E-state index in [9.17, 15) is 4.39 Å². The van der Waals surface area contributed by atoms with E-state index in [0.717, 1.165) is 25.1 Å². The molecule has 0 saturated carbocycles. The van der Waals surface area contributed by atoms with Gasteiger partial charge in [0, 0.05) is 19.0 Å². The highest BCUT2D eigenvalue weighted by Gasteiger charge is 2.15. The van der Waals surface area contributed by atoms with Crippen molar-refractivity contribution in [1.82, 2.24) is 0 Å². The molecular weight excluding hydrogens is 237 g/mol. The van der Waals surface area contributed by atoms with E-state index in [2.05, 4.69) is 18.7 Å². The summed E-state index contributed by atoms with van der Waals surface area (Å²) in [5.41, 5.74) is 1.54. The summed E-state index contributed by atoms with van der Waals surface area (Å²) in [6, 6.07) is 5.11. The molecule has 1 aromatic rings. The third kappa shape index (κ3) is 3.60. The molecule has 0 N–H and O–H groups in total. The molecule has 0 aliphatic heterocycles. The minimum absolute atomic E-state index is 0.173. The maximum absolute atomic E-state index is 13.9. The highest BCUT2D eigenvalue weighted by molar-refractivity contribution is 6.17. The summed E-state index contributed by atoms with van der Waals surface area (Å²) in [7, 11) is 0. The summed E-state index contributed by atoms with van der Waals surface area (Å²) in [4.78, 5) is 2.08. The third-order valence-electron chi connectivity index (χ3n) is 3.14. The monoisotopic (exact) mass is 257 g/mol. The smallest absolute Gasteiger partial charge is 0.146 e. The normalized spacial score (nSPS) is 12.5. The van der Waals surface area contributed by atoms with Gasteiger partial charge >= 0.3 is 0 Å². The number of nitrogens with zero attached hydrogens (tertiary/aromatic N) is 1. The molecule has 17 heavy (non-hydrogen) atoms. The predicted molar refractivity (Wildman–Crippen MR) is 73.3 cm³/mol. The number of hydrogen-bond acceptors (Lipinski definition) is 1. The molecule has 0 aliphatic rings. The van der Waals surface area contributed by atoms with Crippen molar-refractivity contribution in [2.24, 2.45) is 5.92 Å². The van der Waals surface area contributed by atoms with E-state index in [4.69, 9.17) is 11.6 Å². The lowest BCUT2D eigenvalue weighted by atomic mass is 10.1. The maximum atomic E-state index is 13.9. The maximum Gasteiger partial charge on any atom is 0.146 e. The van der Waals surface area contributed by atoms with Crippen molar-refractivity contribution in [2.75, 3.05) is 18.0 Å². The average Bonchev–Trinajstić information content (AvgIpc) is 2.35. The second-order valence-corrected chi connectivity index (χ2v) is 4.70. The van der Waals surface area contributed by atoms with Crippen molar-refractivity contribution in [3.63, 3.8) is 0 Å². The molecule has 1 unspecified atom stereocenters. The van der Waals surface area contributed by atoms with Crippen LogP contribution in [0.25, 0.3) is 0 Å². The van der Waals surface area contributed by atoms with Crippen LogP contribution in [0.1, 0.15) is 32.8 Å². The molecule has 1 aromatic carbocycles. The summed E-state index contributed by atoms with van der Waals surface area (Å²) < 4.78 is 13.9. The highest BCUT2D eigenvalue weighted by Crippen LogP contribution is 2.26. The number of hydrogen-bond donors (Lipinski definition) is 0. The van der Waals surface area contributed by atoms with Gasteiger partial charge < -0.3 is 4.90 Å². The molecular formula is C14H21ClFN. The van der Waals surface area contributed by atoms with Gasteiger partial charge in [0.05, 0.1) is 5.69 Å². The standard InChI is InChI=1S/C14H21ClFN/c1-4-11(3)10-17(5-2)14-12(9-15)7-6-8-13(14)16/h6-8,11H,4-5,9-10H2,1-3H3. The zero-order valence-corrected chi connectivity index (χ0v) is 11.6. The Labute approximate surface area is 109 Å². The van der Waals surface area contributed by atoms with Crippen LogP contribution in [0.4, 0.5) is 10.1 Å². The second kappa shape index (κ2) is 6.85. The summed E-state index contributed by atoms with van der Waals surface area (Å²) >= 11 is 5.88. The van der Waals surface area contributed by atoms with E-state index in [1.165, 1.54) is 6.07 Å². The fourth-order valence-corrected chi connectivity index (χ4v) is 2.12. The van der Waals surface area contributed by atoms with E-state index in [1.54, 1.807) is 6.07 Å². The van der Waals surface area contributed by atoms with E-state index >= 15 is 0 Å². The average molecular weight is 258 g/mol. The first-order valence-electron chi connectivity index (χ1n) is 6.22. The summed E-state index contributed by atoms with van der Waals surface area (Å²) in [5, 5.41) is 0. The van der Waals surface area contributed by atoms with Crippen molar-refractivity contribution in [2.45, 2.75) is 33.1 Å². The quantitative estimate of drug-likeness (QED) is 0.681. The van der Waals surface area contributed by atoms with Crippen LogP contribution < -0.4 is 4.90 Å². The van der Waals surface area contributed by atoms with Crippen LogP contribution in [0.5, 0.6) is 0 Å². The Morgan fingerprint density at radius 3 is 2.59 bits per heavy atom. The molecule has 0 saturated heterocycles. The lowest BCUT2D eigenvalue weighted by molar-refractivity contribution is 0.537. The van der Waals surface area contributed by atoms with Crippen LogP contribution in [-0.2, 0) is 5.88 Å². The molecule has 0 amide bonds. The summed E-state index contributed by atoms with van der Waals surface area (Å²) in [6.07, 6.45) is 1.10. The van der Waals surface area contributed by atoms with Gasteiger partial charge in [0.15, 0.2) is 0 Å². The molecule has 1 nitrogen and oxygen atoms in total. The number of anilines is 1. The number of alkyl halides is 1. The van der Waals surface area contributed by atoms with Crippen molar-refractivity contribution in [3.8, 4) is 0 Å². The van der Waals surface area contributed by atoms with Crippen LogP contribution in [0, 0.1) is 11.7 Å². The van der Waals surface area contributed by atoms with Crippen molar-refractivity contribution < 1.29 is 4.39 Å². The van der Waals surface area contributed by atoms with Crippen LogP contribution >= 0.6 is 11.6 Å². The topological polar surface area (TPSA) is 3.24 Å². The lowest BCUT2D eigenvalue weighted by Crippen LogP contribution is -2.29. The SMILES string of the molecule is CCC(C)CN(CC)c1c(F)cccc1CCl. The Morgan fingerprint density at radius 1 is 1.35 bits per heavy atom. The zero-order valence-electron chi connectivity index (χ0n) is 10.8. The van der Waals surface area contributed by atoms with E-state index in [1.807, 2.05) is 13.0 Å². The second-order valence-electron chi connectivity index (χ2n) is 4.43. The molecule has 0 aliphatic carbocycles. The molecule has 0 radical (unpaired) electrons.